The molecule has 0 aliphatic carbocycles. The van der Waals surface area contributed by atoms with Gasteiger partial charge in [0.05, 0.1) is 6.10 Å². The van der Waals surface area contributed by atoms with Crippen molar-refractivity contribution in [2.24, 2.45) is 5.92 Å². The van der Waals surface area contributed by atoms with E-state index in [0.717, 1.165) is 26.2 Å². The first kappa shape index (κ1) is 13.9. The zero-order chi connectivity index (χ0) is 10.8. The SMILES string of the molecule is CCCCOCCC(C)OCC(C)C. The predicted molar refractivity (Wildman–Crippen MR) is 60.6 cm³/mol. The maximum absolute atomic E-state index is 5.63. The molecule has 0 radical (unpaired) electrons. The van der Waals surface area contributed by atoms with E-state index in [9.17, 15) is 0 Å². The topological polar surface area (TPSA) is 18.5 Å². The fourth-order valence-corrected chi connectivity index (χ4v) is 1.04. The highest BCUT2D eigenvalue weighted by Gasteiger charge is 2.03. The summed E-state index contributed by atoms with van der Waals surface area (Å²) in [4.78, 5) is 0. The van der Waals surface area contributed by atoms with Crippen LogP contribution in [0, 0.1) is 5.92 Å². The Morgan fingerprint density at radius 2 is 1.79 bits per heavy atom. The van der Waals surface area contributed by atoms with Crippen LogP contribution in [0.2, 0.25) is 0 Å². The molecule has 1 atom stereocenters. The van der Waals surface area contributed by atoms with Gasteiger partial charge >= 0.3 is 0 Å². The third kappa shape index (κ3) is 10.0. The largest absolute Gasteiger partial charge is 0.381 e. The van der Waals surface area contributed by atoms with E-state index < -0.39 is 0 Å². The van der Waals surface area contributed by atoms with Gasteiger partial charge in [-0.1, -0.05) is 27.2 Å². The van der Waals surface area contributed by atoms with Crippen LogP contribution in [0.4, 0.5) is 0 Å². The van der Waals surface area contributed by atoms with E-state index >= 15 is 0 Å². The molecular formula is C12H26O2. The highest BCUT2D eigenvalue weighted by Crippen LogP contribution is 2.02. The maximum Gasteiger partial charge on any atom is 0.0569 e. The second-order valence-electron chi connectivity index (χ2n) is 4.29. The fraction of sp³-hybridized carbons (Fsp3) is 1.00. The van der Waals surface area contributed by atoms with Gasteiger partial charge in [-0.25, -0.2) is 0 Å². The molecule has 0 fully saturated rings. The Labute approximate surface area is 89.0 Å². The van der Waals surface area contributed by atoms with E-state index in [0.29, 0.717) is 12.0 Å². The van der Waals surface area contributed by atoms with Crippen molar-refractivity contribution in [1.29, 1.82) is 0 Å². The van der Waals surface area contributed by atoms with Crippen molar-refractivity contribution in [2.75, 3.05) is 19.8 Å². The van der Waals surface area contributed by atoms with Crippen LogP contribution < -0.4 is 0 Å². The summed E-state index contributed by atoms with van der Waals surface area (Å²) in [5.74, 6) is 0.624. The lowest BCUT2D eigenvalue weighted by atomic mass is 10.2. The monoisotopic (exact) mass is 202 g/mol. The number of hydrogen-bond acceptors (Lipinski definition) is 2. The van der Waals surface area contributed by atoms with Crippen LogP contribution >= 0.6 is 0 Å². The van der Waals surface area contributed by atoms with E-state index in [-0.39, 0.29) is 0 Å². The summed E-state index contributed by atoms with van der Waals surface area (Å²) < 4.78 is 11.1. The lowest BCUT2D eigenvalue weighted by Gasteiger charge is -2.14. The minimum atomic E-state index is 0.332. The summed E-state index contributed by atoms with van der Waals surface area (Å²) in [6, 6.07) is 0. The van der Waals surface area contributed by atoms with Crippen molar-refractivity contribution in [2.45, 2.75) is 53.1 Å². The van der Waals surface area contributed by atoms with Crippen molar-refractivity contribution in [3.8, 4) is 0 Å². The Morgan fingerprint density at radius 3 is 2.36 bits per heavy atom. The Morgan fingerprint density at radius 1 is 1.07 bits per heavy atom. The molecule has 0 aromatic rings. The zero-order valence-electron chi connectivity index (χ0n) is 10.2. The lowest BCUT2D eigenvalue weighted by molar-refractivity contribution is 0.0189. The van der Waals surface area contributed by atoms with Gasteiger partial charge in [-0.2, -0.15) is 0 Å². The molecule has 2 nitrogen and oxygen atoms in total. The first-order chi connectivity index (χ1) is 6.66. The standard InChI is InChI=1S/C12H26O2/c1-5-6-8-13-9-7-12(4)14-10-11(2)3/h11-12H,5-10H2,1-4H3. The summed E-state index contributed by atoms with van der Waals surface area (Å²) in [5, 5.41) is 0. The Bertz CT molecular complexity index is 113. The normalized spacial score (nSPS) is 13.5. The van der Waals surface area contributed by atoms with Gasteiger partial charge in [0, 0.05) is 19.8 Å². The van der Waals surface area contributed by atoms with E-state index in [1.54, 1.807) is 0 Å². The van der Waals surface area contributed by atoms with Gasteiger partial charge in [-0.3, -0.25) is 0 Å². The number of hydrogen-bond donors (Lipinski definition) is 0. The first-order valence-corrected chi connectivity index (χ1v) is 5.86. The van der Waals surface area contributed by atoms with Crippen LogP contribution in [0.25, 0.3) is 0 Å². The molecule has 0 saturated heterocycles. The Hall–Kier alpha value is -0.0800. The molecular weight excluding hydrogens is 176 g/mol. The molecule has 0 N–H and O–H groups in total. The molecule has 0 aliphatic rings. The molecule has 86 valence electrons. The molecule has 0 aliphatic heterocycles. The second kappa shape index (κ2) is 9.47. The summed E-state index contributed by atoms with van der Waals surface area (Å²) in [6.45, 7) is 11.2. The third-order valence-electron chi connectivity index (χ3n) is 2.03. The van der Waals surface area contributed by atoms with E-state index in [1.165, 1.54) is 12.8 Å². The van der Waals surface area contributed by atoms with Gasteiger partial charge in [0.25, 0.3) is 0 Å². The van der Waals surface area contributed by atoms with Crippen LogP contribution in [-0.4, -0.2) is 25.9 Å². The van der Waals surface area contributed by atoms with Gasteiger partial charge in [0.15, 0.2) is 0 Å². The molecule has 0 saturated carbocycles. The quantitative estimate of drug-likeness (QED) is 0.534. The van der Waals surface area contributed by atoms with Crippen LogP contribution in [0.3, 0.4) is 0 Å². The lowest BCUT2D eigenvalue weighted by Crippen LogP contribution is -2.15. The average Bonchev–Trinajstić information content (AvgIpc) is 2.14. The van der Waals surface area contributed by atoms with Gasteiger partial charge in [0.1, 0.15) is 0 Å². The molecule has 0 amide bonds. The van der Waals surface area contributed by atoms with Crippen molar-refractivity contribution in [1.82, 2.24) is 0 Å². The summed E-state index contributed by atoms with van der Waals surface area (Å²) in [7, 11) is 0. The number of ether oxygens (including phenoxy) is 2. The highest BCUT2D eigenvalue weighted by molar-refractivity contribution is 4.51. The summed E-state index contributed by atoms with van der Waals surface area (Å²) in [5.41, 5.74) is 0. The zero-order valence-corrected chi connectivity index (χ0v) is 10.2. The second-order valence-corrected chi connectivity index (χ2v) is 4.29. The Balaban J connectivity index is 3.14. The molecule has 0 rings (SSSR count). The smallest absolute Gasteiger partial charge is 0.0569 e. The van der Waals surface area contributed by atoms with Crippen molar-refractivity contribution in [3.63, 3.8) is 0 Å². The van der Waals surface area contributed by atoms with Crippen LogP contribution in [0.15, 0.2) is 0 Å². The van der Waals surface area contributed by atoms with Gasteiger partial charge in [0.2, 0.25) is 0 Å². The molecule has 2 heteroatoms. The average molecular weight is 202 g/mol. The summed E-state index contributed by atoms with van der Waals surface area (Å²) >= 11 is 0. The highest BCUT2D eigenvalue weighted by atomic mass is 16.5. The number of unbranched alkanes of at least 4 members (excludes halogenated alkanes) is 1. The van der Waals surface area contributed by atoms with Crippen molar-refractivity contribution >= 4 is 0 Å². The molecule has 0 aromatic carbocycles. The minimum Gasteiger partial charge on any atom is -0.381 e. The van der Waals surface area contributed by atoms with Gasteiger partial charge in [-0.05, 0) is 25.7 Å². The van der Waals surface area contributed by atoms with Crippen molar-refractivity contribution < 1.29 is 9.47 Å². The minimum absolute atomic E-state index is 0.332. The predicted octanol–water partition coefficient (Wildman–Crippen LogP) is 3.25. The number of rotatable bonds is 9. The van der Waals surface area contributed by atoms with Crippen LogP contribution in [-0.2, 0) is 9.47 Å². The molecule has 0 aromatic heterocycles. The Kier molecular flexibility index (Phi) is 9.42. The van der Waals surface area contributed by atoms with E-state index in [1.807, 2.05) is 0 Å². The van der Waals surface area contributed by atoms with E-state index in [4.69, 9.17) is 9.47 Å². The van der Waals surface area contributed by atoms with Gasteiger partial charge in [-0.15, -0.1) is 0 Å². The van der Waals surface area contributed by atoms with Crippen molar-refractivity contribution in [3.05, 3.63) is 0 Å². The van der Waals surface area contributed by atoms with Gasteiger partial charge < -0.3 is 9.47 Å². The molecule has 0 heterocycles. The van der Waals surface area contributed by atoms with Crippen LogP contribution in [0.1, 0.15) is 47.0 Å². The molecule has 0 bridgehead atoms. The maximum atomic E-state index is 5.63. The first-order valence-electron chi connectivity index (χ1n) is 5.86. The van der Waals surface area contributed by atoms with Crippen LogP contribution in [0.5, 0.6) is 0 Å². The molecule has 0 spiro atoms. The molecule has 14 heavy (non-hydrogen) atoms. The molecule has 1 unspecified atom stereocenters. The summed E-state index contributed by atoms with van der Waals surface area (Å²) in [6.07, 6.45) is 3.72. The fourth-order valence-electron chi connectivity index (χ4n) is 1.04. The third-order valence-corrected chi connectivity index (χ3v) is 2.03. The van der Waals surface area contributed by atoms with E-state index in [2.05, 4.69) is 27.7 Å².